The molecule has 1 aliphatic carbocycles. The van der Waals surface area contributed by atoms with Crippen LogP contribution in [0.2, 0.25) is 0 Å². The van der Waals surface area contributed by atoms with E-state index in [2.05, 4.69) is 0 Å². The van der Waals surface area contributed by atoms with Crippen LogP contribution in [0.5, 0.6) is 0 Å². The second-order valence-electron chi connectivity index (χ2n) is 6.45. The SMILES string of the molecule is CO[C@@]12CC[C@H](OCCO)C[C@@H]1N(C(=O)c1ccc(CO)o1)CC2. The van der Waals surface area contributed by atoms with Crippen LogP contribution in [0.15, 0.2) is 16.5 Å². The third-order valence-electron chi connectivity index (χ3n) is 5.28. The zero-order chi connectivity index (χ0) is 17.2. The number of ether oxygens (including phenoxy) is 2. The van der Waals surface area contributed by atoms with Crippen molar-refractivity contribution in [2.45, 2.75) is 50.0 Å². The number of methoxy groups -OCH3 is 1. The Morgan fingerprint density at radius 1 is 1.42 bits per heavy atom. The number of amides is 1. The number of likely N-dealkylation sites (tertiary alicyclic amines) is 1. The van der Waals surface area contributed by atoms with Crippen LogP contribution >= 0.6 is 0 Å². The second kappa shape index (κ2) is 7.23. The van der Waals surface area contributed by atoms with Crippen molar-refractivity contribution in [1.82, 2.24) is 4.90 Å². The summed E-state index contributed by atoms with van der Waals surface area (Å²) in [7, 11) is 1.70. The molecular formula is C17H25NO6. The molecule has 1 aliphatic heterocycles. The van der Waals surface area contributed by atoms with Gasteiger partial charge in [0.05, 0.1) is 31.0 Å². The molecule has 24 heavy (non-hydrogen) atoms. The molecule has 3 atom stereocenters. The van der Waals surface area contributed by atoms with Crippen LogP contribution in [-0.2, 0) is 16.1 Å². The van der Waals surface area contributed by atoms with Crippen molar-refractivity contribution in [1.29, 1.82) is 0 Å². The van der Waals surface area contributed by atoms with Gasteiger partial charge in [-0.15, -0.1) is 0 Å². The molecule has 7 heteroatoms. The lowest BCUT2D eigenvalue weighted by Gasteiger charge is -2.43. The normalized spacial score (nSPS) is 29.7. The van der Waals surface area contributed by atoms with Crippen LogP contribution in [0.1, 0.15) is 42.0 Å². The summed E-state index contributed by atoms with van der Waals surface area (Å²) in [4.78, 5) is 14.6. The third kappa shape index (κ3) is 3.09. The minimum Gasteiger partial charge on any atom is -0.453 e. The second-order valence-corrected chi connectivity index (χ2v) is 6.45. The van der Waals surface area contributed by atoms with Gasteiger partial charge in [0.25, 0.3) is 5.91 Å². The number of hydrogen-bond acceptors (Lipinski definition) is 6. The van der Waals surface area contributed by atoms with E-state index in [1.165, 1.54) is 0 Å². The number of carbonyl (C=O) groups excluding carboxylic acids is 1. The van der Waals surface area contributed by atoms with E-state index in [1.807, 2.05) is 0 Å². The minimum atomic E-state index is -0.332. The Hall–Kier alpha value is -1.41. The minimum absolute atomic E-state index is 0.00440. The fourth-order valence-electron chi connectivity index (χ4n) is 4.00. The van der Waals surface area contributed by atoms with Crippen molar-refractivity contribution in [3.05, 3.63) is 23.7 Å². The van der Waals surface area contributed by atoms with Gasteiger partial charge in [-0.25, -0.2) is 0 Å². The molecule has 0 bridgehead atoms. The Morgan fingerprint density at radius 2 is 2.25 bits per heavy atom. The number of furan rings is 1. The molecule has 134 valence electrons. The highest BCUT2D eigenvalue weighted by Gasteiger charge is 2.53. The first-order valence-electron chi connectivity index (χ1n) is 8.41. The van der Waals surface area contributed by atoms with Crippen molar-refractivity contribution >= 4 is 5.91 Å². The van der Waals surface area contributed by atoms with Gasteiger partial charge >= 0.3 is 0 Å². The monoisotopic (exact) mass is 339 g/mol. The maximum Gasteiger partial charge on any atom is 0.289 e. The molecular weight excluding hydrogens is 314 g/mol. The Balaban J connectivity index is 1.77. The standard InChI is InChI=1S/C17H25NO6/c1-22-17-5-4-12(23-9-8-19)10-15(17)18(7-6-17)16(21)14-3-2-13(11-20)24-14/h2-3,12,15,19-20H,4-11H2,1H3/t12-,15-,17+/m0/s1. The van der Waals surface area contributed by atoms with Crippen molar-refractivity contribution in [2.75, 3.05) is 26.9 Å². The zero-order valence-electron chi connectivity index (χ0n) is 13.9. The van der Waals surface area contributed by atoms with Gasteiger partial charge in [0.1, 0.15) is 12.4 Å². The Labute approximate surface area is 141 Å². The van der Waals surface area contributed by atoms with Gasteiger partial charge in [-0.3, -0.25) is 4.79 Å². The summed E-state index contributed by atoms with van der Waals surface area (Å²) in [6.45, 7) is 0.688. The molecule has 0 unspecified atom stereocenters. The first kappa shape index (κ1) is 17.4. The predicted octanol–water partition coefficient (Wildman–Crippen LogP) is 0.933. The van der Waals surface area contributed by atoms with Crippen LogP contribution < -0.4 is 0 Å². The molecule has 0 spiro atoms. The van der Waals surface area contributed by atoms with E-state index in [1.54, 1.807) is 24.1 Å². The number of hydrogen-bond donors (Lipinski definition) is 2. The summed E-state index contributed by atoms with van der Waals surface area (Å²) in [6, 6.07) is 3.14. The Kier molecular flexibility index (Phi) is 5.24. The van der Waals surface area contributed by atoms with Gasteiger partial charge in [-0.2, -0.15) is 0 Å². The Morgan fingerprint density at radius 3 is 2.92 bits per heavy atom. The maximum atomic E-state index is 12.8. The number of fused-ring (bicyclic) bond motifs is 1. The van der Waals surface area contributed by atoms with Crippen molar-refractivity contribution in [2.24, 2.45) is 0 Å². The Bertz CT molecular complexity index is 573. The molecule has 2 N–H and O–H groups in total. The van der Waals surface area contributed by atoms with E-state index >= 15 is 0 Å². The van der Waals surface area contributed by atoms with Gasteiger partial charge in [0.2, 0.25) is 0 Å². The van der Waals surface area contributed by atoms with Gasteiger partial charge in [-0.1, -0.05) is 0 Å². The molecule has 0 radical (unpaired) electrons. The highest BCUT2D eigenvalue weighted by molar-refractivity contribution is 5.92. The summed E-state index contributed by atoms with van der Waals surface area (Å²) in [5, 5.41) is 18.1. The van der Waals surface area contributed by atoms with Gasteiger partial charge < -0.3 is 29.0 Å². The molecule has 3 rings (SSSR count). The number of aliphatic hydroxyl groups is 2. The van der Waals surface area contributed by atoms with Gasteiger partial charge in [0, 0.05) is 13.7 Å². The lowest BCUT2D eigenvalue weighted by atomic mass is 9.79. The zero-order valence-corrected chi connectivity index (χ0v) is 13.9. The summed E-state index contributed by atoms with van der Waals surface area (Å²) in [5.41, 5.74) is -0.332. The average Bonchev–Trinajstić information content (AvgIpc) is 3.24. The van der Waals surface area contributed by atoms with E-state index in [-0.39, 0.29) is 42.6 Å². The van der Waals surface area contributed by atoms with Crippen LogP contribution in [0.25, 0.3) is 0 Å². The van der Waals surface area contributed by atoms with Crippen LogP contribution in [-0.4, -0.2) is 65.6 Å². The molecule has 1 aromatic heterocycles. The molecule has 2 aliphatic rings. The van der Waals surface area contributed by atoms with E-state index in [9.17, 15) is 4.79 Å². The lowest BCUT2D eigenvalue weighted by molar-refractivity contribution is -0.0993. The number of carbonyl (C=O) groups is 1. The maximum absolute atomic E-state index is 12.8. The highest BCUT2D eigenvalue weighted by atomic mass is 16.5. The van der Waals surface area contributed by atoms with Crippen molar-refractivity contribution in [3.63, 3.8) is 0 Å². The lowest BCUT2D eigenvalue weighted by Crippen LogP contribution is -2.53. The first-order chi connectivity index (χ1) is 11.6. The highest BCUT2D eigenvalue weighted by Crippen LogP contribution is 2.43. The smallest absolute Gasteiger partial charge is 0.289 e. The van der Waals surface area contributed by atoms with E-state index < -0.39 is 0 Å². The van der Waals surface area contributed by atoms with E-state index in [0.717, 1.165) is 19.3 Å². The molecule has 0 aromatic carbocycles. The van der Waals surface area contributed by atoms with Gasteiger partial charge in [0.15, 0.2) is 5.76 Å². The fourth-order valence-corrected chi connectivity index (χ4v) is 4.00. The topological polar surface area (TPSA) is 92.4 Å². The summed E-state index contributed by atoms with van der Waals surface area (Å²) in [6.07, 6.45) is 3.19. The quantitative estimate of drug-likeness (QED) is 0.801. The molecule has 1 amide bonds. The summed E-state index contributed by atoms with van der Waals surface area (Å²) >= 11 is 0. The van der Waals surface area contributed by atoms with Crippen molar-refractivity contribution < 1.29 is 28.9 Å². The van der Waals surface area contributed by atoms with Crippen molar-refractivity contribution in [3.8, 4) is 0 Å². The fraction of sp³-hybridized carbons (Fsp3) is 0.706. The number of rotatable bonds is 6. The molecule has 1 saturated heterocycles. The van der Waals surface area contributed by atoms with Crippen LogP contribution in [0, 0.1) is 0 Å². The molecule has 2 fully saturated rings. The number of aliphatic hydroxyl groups excluding tert-OH is 2. The summed E-state index contributed by atoms with van der Waals surface area (Å²) < 4.78 is 16.9. The third-order valence-corrected chi connectivity index (χ3v) is 5.28. The molecule has 2 heterocycles. The first-order valence-corrected chi connectivity index (χ1v) is 8.41. The molecule has 1 aromatic rings. The van der Waals surface area contributed by atoms with Gasteiger partial charge in [-0.05, 0) is 37.8 Å². The van der Waals surface area contributed by atoms with Crippen LogP contribution in [0.3, 0.4) is 0 Å². The summed E-state index contributed by atoms with van der Waals surface area (Å²) in [5.74, 6) is 0.439. The average molecular weight is 339 g/mol. The molecule has 1 saturated carbocycles. The predicted molar refractivity (Wildman–Crippen MR) is 84.5 cm³/mol. The molecule has 7 nitrogen and oxygen atoms in total. The van der Waals surface area contributed by atoms with E-state index in [0.29, 0.717) is 25.3 Å². The largest absolute Gasteiger partial charge is 0.453 e. The number of nitrogens with zero attached hydrogens (tertiary/aromatic N) is 1. The van der Waals surface area contributed by atoms with E-state index in [4.69, 9.17) is 24.1 Å². The van der Waals surface area contributed by atoms with Crippen LogP contribution in [0.4, 0.5) is 0 Å².